The number of carbonyl (C=O) groups is 2. The number of fused-ring (bicyclic) bond motifs is 1. The lowest BCUT2D eigenvalue weighted by atomic mass is 10.0. The summed E-state index contributed by atoms with van der Waals surface area (Å²) < 4.78 is 0. The molecule has 0 spiro atoms. The van der Waals surface area contributed by atoms with Crippen LogP contribution in [0.5, 0.6) is 0 Å². The Bertz CT molecular complexity index is 904. The number of hydrogen-bond donors (Lipinski definition) is 4. The maximum absolute atomic E-state index is 12.6. The average molecular weight is 412 g/mol. The molecule has 3 unspecified atom stereocenters. The van der Waals surface area contributed by atoms with Gasteiger partial charge in [-0.05, 0) is 37.6 Å². The summed E-state index contributed by atoms with van der Waals surface area (Å²) in [5, 5.41) is 11.3. The largest absolute Gasteiger partial charge is 0.331 e. The predicted octanol–water partition coefficient (Wildman–Crippen LogP) is 1.95. The summed E-state index contributed by atoms with van der Waals surface area (Å²) in [5.41, 5.74) is 7.00. The van der Waals surface area contributed by atoms with Crippen LogP contribution in [0.4, 0.5) is 11.4 Å². The van der Waals surface area contributed by atoms with E-state index in [0.29, 0.717) is 6.54 Å². The Morgan fingerprint density at radius 1 is 1.17 bits per heavy atom. The summed E-state index contributed by atoms with van der Waals surface area (Å²) in [4.78, 5) is 24.9. The van der Waals surface area contributed by atoms with E-state index in [1.165, 1.54) is 17.3 Å². The second kappa shape index (κ2) is 8.44. The molecule has 152 valence electrons. The van der Waals surface area contributed by atoms with Crippen molar-refractivity contribution in [3.05, 3.63) is 59.7 Å². The quantitative estimate of drug-likeness (QED) is 0.602. The topological polar surface area (TPSA) is 85.5 Å². The standard InChI is InChI=1S/C21H25N5O2S/c1-13-7-9-15(10-8-13)26-19-16(11-22-26)20(28)25-21(24-19)29-12-18(27)23-17-6-4-3-5-14(17)2/h3-10,16,19,21-22,24H,11-12H2,1-2H3,(H,23,27)(H,25,28). The van der Waals surface area contributed by atoms with E-state index in [9.17, 15) is 9.59 Å². The monoisotopic (exact) mass is 411 g/mol. The highest BCUT2D eigenvalue weighted by Gasteiger charge is 2.44. The van der Waals surface area contributed by atoms with Gasteiger partial charge in [0.25, 0.3) is 0 Å². The van der Waals surface area contributed by atoms with E-state index >= 15 is 0 Å². The van der Waals surface area contributed by atoms with Crippen molar-refractivity contribution in [1.29, 1.82) is 0 Å². The van der Waals surface area contributed by atoms with Crippen molar-refractivity contribution < 1.29 is 9.59 Å². The third-order valence-electron chi connectivity index (χ3n) is 5.19. The second-order valence-corrected chi connectivity index (χ2v) is 8.44. The van der Waals surface area contributed by atoms with Gasteiger partial charge in [-0.25, -0.2) is 5.43 Å². The maximum atomic E-state index is 12.6. The number of hydrogen-bond acceptors (Lipinski definition) is 6. The molecule has 2 heterocycles. The van der Waals surface area contributed by atoms with Crippen LogP contribution in [-0.4, -0.2) is 35.8 Å². The van der Waals surface area contributed by atoms with Crippen molar-refractivity contribution in [1.82, 2.24) is 16.1 Å². The highest BCUT2D eigenvalue weighted by Crippen LogP contribution is 2.27. The van der Waals surface area contributed by atoms with Crippen LogP contribution in [0.1, 0.15) is 11.1 Å². The number of thioether (sulfide) groups is 1. The molecule has 2 amide bonds. The number of rotatable bonds is 5. The van der Waals surface area contributed by atoms with Gasteiger partial charge in [-0.15, -0.1) is 11.8 Å². The minimum Gasteiger partial charge on any atom is -0.331 e. The highest BCUT2D eigenvalue weighted by atomic mass is 32.2. The molecule has 0 saturated carbocycles. The third-order valence-corrected chi connectivity index (χ3v) is 6.20. The average Bonchev–Trinajstić information content (AvgIpc) is 3.13. The zero-order valence-corrected chi connectivity index (χ0v) is 17.3. The third kappa shape index (κ3) is 4.39. The number of nitrogens with one attached hydrogen (secondary N) is 4. The number of para-hydroxylation sites is 1. The predicted molar refractivity (Wildman–Crippen MR) is 116 cm³/mol. The number of aryl methyl sites for hydroxylation is 2. The van der Waals surface area contributed by atoms with Gasteiger partial charge in [0, 0.05) is 12.2 Å². The van der Waals surface area contributed by atoms with Gasteiger partial charge in [-0.2, -0.15) is 0 Å². The molecule has 2 aromatic rings. The molecule has 7 nitrogen and oxygen atoms in total. The van der Waals surface area contributed by atoms with E-state index in [-0.39, 0.29) is 35.1 Å². The SMILES string of the molecule is Cc1ccc(N2NCC3C(=O)NC(SCC(=O)Nc4ccccc4C)NC32)cc1. The molecule has 2 aliphatic heterocycles. The van der Waals surface area contributed by atoms with Crippen LogP contribution < -0.4 is 26.4 Å². The molecule has 2 aromatic carbocycles. The van der Waals surface area contributed by atoms with E-state index < -0.39 is 0 Å². The maximum Gasteiger partial charge on any atom is 0.234 e. The number of hydrazine groups is 1. The Balaban J connectivity index is 1.37. The first-order chi connectivity index (χ1) is 14.0. The zero-order valence-electron chi connectivity index (χ0n) is 16.4. The Morgan fingerprint density at radius 2 is 1.93 bits per heavy atom. The number of nitrogens with zero attached hydrogens (tertiary/aromatic N) is 1. The van der Waals surface area contributed by atoms with Crippen molar-refractivity contribution in [2.75, 3.05) is 22.6 Å². The van der Waals surface area contributed by atoms with Gasteiger partial charge in [0.15, 0.2) is 0 Å². The van der Waals surface area contributed by atoms with Crippen LogP contribution in [0.3, 0.4) is 0 Å². The molecule has 4 N–H and O–H groups in total. The molecule has 0 aliphatic carbocycles. The van der Waals surface area contributed by atoms with Crippen molar-refractivity contribution in [3.8, 4) is 0 Å². The molecule has 2 fully saturated rings. The fourth-order valence-electron chi connectivity index (χ4n) is 3.55. The lowest BCUT2D eigenvalue weighted by Gasteiger charge is -2.37. The van der Waals surface area contributed by atoms with E-state index in [0.717, 1.165) is 16.9 Å². The molecule has 3 atom stereocenters. The van der Waals surface area contributed by atoms with Gasteiger partial charge in [0.1, 0.15) is 11.7 Å². The first-order valence-electron chi connectivity index (χ1n) is 9.64. The lowest BCUT2D eigenvalue weighted by molar-refractivity contribution is -0.127. The van der Waals surface area contributed by atoms with Gasteiger partial charge in [0.2, 0.25) is 11.8 Å². The smallest absolute Gasteiger partial charge is 0.234 e. The molecule has 2 aliphatic rings. The molecular formula is C21H25N5O2S. The Hall–Kier alpha value is -2.55. The number of benzene rings is 2. The number of anilines is 2. The molecule has 29 heavy (non-hydrogen) atoms. The van der Waals surface area contributed by atoms with Gasteiger partial charge in [-0.3, -0.25) is 19.9 Å². The van der Waals surface area contributed by atoms with Gasteiger partial charge >= 0.3 is 0 Å². The zero-order chi connectivity index (χ0) is 20.4. The summed E-state index contributed by atoms with van der Waals surface area (Å²) in [5.74, 6) is -0.0502. The van der Waals surface area contributed by atoms with E-state index in [4.69, 9.17) is 0 Å². The van der Waals surface area contributed by atoms with Crippen LogP contribution in [0.2, 0.25) is 0 Å². The molecule has 4 rings (SSSR count). The van der Waals surface area contributed by atoms with Gasteiger partial charge < -0.3 is 10.6 Å². The fourth-order valence-corrected chi connectivity index (χ4v) is 4.38. The number of amides is 2. The van der Waals surface area contributed by atoms with Crippen molar-refractivity contribution in [2.45, 2.75) is 25.5 Å². The van der Waals surface area contributed by atoms with Crippen LogP contribution in [0.25, 0.3) is 0 Å². The Kier molecular flexibility index (Phi) is 5.75. The fraction of sp³-hybridized carbons (Fsp3) is 0.333. The van der Waals surface area contributed by atoms with Crippen LogP contribution in [-0.2, 0) is 9.59 Å². The summed E-state index contributed by atoms with van der Waals surface area (Å²) in [6.45, 7) is 4.58. The molecule has 0 bridgehead atoms. The van der Waals surface area contributed by atoms with Crippen molar-refractivity contribution >= 4 is 35.0 Å². The van der Waals surface area contributed by atoms with E-state index in [2.05, 4.69) is 33.5 Å². The second-order valence-electron chi connectivity index (χ2n) is 7.35. The highest BCUT2D eigenvalue weighted by molar-refractivity contribution is 8.00. The lowest BCUT2D eigenvalue weighted by Crippen LogP contribution is -2.63. The van der Waals surface area contributed by atoms with Crippen LogP contribution in [0, 0.1) is 19.8 Å². The summed E-state index contributed by atoms with van der Waals surface area (Å²) in [7, 11) is 0. The van der Waals surface area contributed by atoms with Crippen LogP contribution in [0.15, 0.2) is 48.5 Å². The van der Waals surface area contributed by atoms with Gasteiger partial charge in [-0.1, -0.05) is 35.9 Å². The molecule has 2 saturated heterocycles. The normalized spacial score (nSPS) is 23.4. The Morgan fingerprint density at radius 3 is 2.69 bits per heavy atom. The first-order valence-corrected chi connectivity index (χ1v) is 10.7. The van der Waals surface area contributed by atoms with E-state index in [1.54, 1.807) is 0 Å². The van der Waals surface area contributed by atoms with Crippen molar-refractivity contribution in [2.24, 2.45) is 5.92 Å². The summed E-state index contributed by atoms with van der Waals surface area (Å²) in [6, 6.07) is 15.8. The Labute approximate surface area is 174 Å². The van der Waals surface area contributed by atoms with E-state index in [1.807, 2.05) is 55.3 Å². The minimum atomic E-state index is -0.334. The van der Waals surface area contributed by atoms with Crippen molar-refractivity contribution in [3.63, 3.8) is 0 Å². The number of carbonyl (C=O) groups excluding carboxylic acids is 2. The molecule has 0 aromatic heterocycles. The molecular weight excluding hydrogens is 386 g/mol. The molecule has 8 heteroatoms. The summed E-state index contributed by atoms with van der Waals surface area (Å²) in [6.07, 6.45) is -0.164. The first kappa shape index (κ1) is 19.8. The minimum absolute atomic E-state index is 0.00678. The molecule has 0 radical (unpaired) electrons. The van der Waals surface area contributed by atoms with Crippen LogP contribution >= 0.6 is 11.8 Å². The van der Waals surface area contributed by atoms with Gasteiger partial charge in [0.05, 0.1) is 17.4 Å². The summed E-state index contributed by atoms with van der Waals surface area (Å²) >= 11 is 1.37.